The Balaban J connectivity index is 2.30. The average molecular weight is 309 g/mol. The minimum atomic E-state index is -0.545. The fourth-order valence-corrected chi connectivity index (χ4v) is 3.64. The Morgan fingerprint density at radius 2 is 1.87 bits per heavy atom. The molecule has 118 valence electrons. The van der Waals surface area contributed by atoms with Crippen LogP contribution in [0.15, 0.2) is 36.4 Å². The molecule has 0 amide bonds. The summed E-state index contributed by atoms with van der Waals surface area (Å²) in [5, 5.41) is 14.9. The summed E-state index contributed by atoms with van der Waals surface area (Å²) < 4.78 is 11.2. The van der Waals surface area contributed by atoms with Gasteiger partial charge in [-0.15, -0.1) is 0 Å². The minimum Gasteiger partial charge on any atom is -0.493 e. The number of hydrogen-bond acceptors (Lipinski definition) is 4. The highest BCUT2D eigenvalue weighted by atomic mass is 16.5. The van der Waals surface area contributed by atoms with E-state index in [-0.39, 0.29) is 0 Å². The van der Waals surface area contributed by atoms with Crippen molar-refractivity contribution < 1.29 is 14.6 Å². The number of β-amino-alcohol motifs (C(OH)–C–C–N with tert-alkyl or cyclic N) is 1. The van der Waals surface area contributed by atoms with Crippen molar-refractivity contribution in [1.29, 1.82) is 0 Å². The number of hydrogen-bond donors (Lipinski definition) is 1. The second-order valence-corrected chi connectivity index (χ2v) is 5.96. The van der Waals surface area contributed by atoms with Crippen molar-refractivity contribution in [2.45, 2.75) is 6.10 Å². The zero-order chi connectivity index (χ0) is 16.1. The molecule has 0 radical (unpaired) electrons. The normalized spacial score (nSPS) is 16.9. The van der Waals surface area contributed by atoms with Crippen LogP contribution in [0.4, 0.5) is 5.69 Å². The number of benzene rings is 3. The van der Waals surface area contributed by atoms with Gasteiger partial charge in [-0.2, -0.15) is 0 Å². The summed E-state index contributed by atoms with van der Waals surface area (Å²) in [5.41, 5.74) is 2.01. The second kappa shape index (κ2) is 5.03. The van der Waals surface area contributed by atoms with Crippen molar-refractivity contribution in [1.82, 2.24) is 0 Å². The molecule has 0 aliphatic carbocycles. The van der Waals surface area contributed by atoms with Crippen molar-refractivity contribution in [2.24, 2.45) is 0 Å². The van der Waals surface area contributed by atoms with Gasteiger partial charge in [0, 0.05) is 30.1 Å². The van der Waals surface area contributed by atoms with Crippen LogP contribution in [0.5, 0.6) is 11.5 Å². The molecule has 1 heterocycles. The van der Waals surface area contributed by atoms with E-state index in [1.807, 2.05) is 25.2 Å². The monoisotopic (exact) mass is 309 g/mol. The van der Waals surface area contributed by atoms with E-state index in [9.17, 15) is 5.11 Å². The van der Waals surface area contributed by atoms with Crippen molar-refractivity contribution in [3.8, 4) is 11.5 Å². The Labute approximate surface area is 134 Å². The highest BCUT2D eigenvalue weighted by Gasteiger charge is 2.28. The summed E-state index contributed by atoms with van der Waals surface area (Å²) in [4.78, 5) is 2.10. The highest BCUT2D eigenvalue weighted by molar-refractivity contribution is 6.18. The molecule has 4 rings (SSSR count). The molecule has 1 atom stereocenters. The van der Waals surface area contributed by atoms with E-state index < -0.39 is 6.10 Å². The lowest BCUT2D eigenvalue weighted by Gasteiger charge is -2.32. The third-order valence-corrected chi connectivity index (χ3v) is 4.70. The smallest absolute Gasteiger partial charge is 0.169 e. The van der Waals surface area contributed by atoms with Crippen LogP contribution in [-0.4, -0.2) is 32.9 Å². The number of anilines is 1. The number of methoxy groups -OCH3 is 2. The van der Waals surface area contributed by atoms with E-state index in [0.717, 1.165) is 32.8 Å². The van der Waals surface area contributed by atoms with Gasteiger partial charge in [-0.05, 0) is 28.5 Å². The molecule has 1 N–H and O–H groups in total. The number of aliphatic hydroxyl groups is 1. The van der Waals surface area contributed by atoms with Crippen LogP contribution < -0.4 is 14.4 Å². The van der Waals surface area contributed by atoms with E-state index in [2.05, 4.69) is 23.1 Å². The molecule has 3 aromatic rings. The molecule has 0 saturated heterocycles. The van der Waals surface area contributed by atoms with E-state index >= 15 is 0 Å². The van der Waals surface area contributed by atoms with Crippen LogP contribution in [-0.2, 0) is 0 Å². The first-order valence-corrected chi connectivity index (χ1v) is 7.65. The first-order chi connectivity index (χ1) is 11.2. The van der Waals surface area contributed by atoms with Crippen LogP contribution >= 0.6 is 0 Å². The van der Waals surface area contributed by atoms with Gasteiger partial charge in [-0.1, -0.05) is 24.3 Å². The average Bonchev–Trinajstić information content (AvgIpc) is 2.58. The van der Waals surface area contributed by atoms with Gasteiger partial charge in [0.2, 0.25) is 0 Å². The number of likely N-dealkylation sites (N-methyl/N-ethyl adjacent to an activating group) is 1. The molecule has 0 aromatic heterocycles. The fraction of sp³-hybridized carbons (Fsp3) is 0.263. The molecule has 0 saturated carbocycles. The van der Waals surface area contributed by atoms with Crippen LogP contribution in [0.25, 0.3) is 21.5 Å². The predicted molar refractivity (Wildman–Crippen MR) is 92.8 cm³/mol. The van der Waals surface area contributed by atoms with Gasteiger partial charge in [-0.3, -0.25) is 0 Å². The highest BCUT2D eigenvalue weighted by Crippen LogP contribution is 2.49. The van der Waals surface area contributed by atoms with Gasteiger partial charge in [0.25, 0.3) is 0 Å². The van der Waals surface area contributed by atoms with Crippen LogP contribution in [0.2, 0.25) is 0 Å². The number of nitrogens with zero attached hydrogens (tertiary/aromatic N) is 1. The van der Waals surface area contributed by atoms with Crippen molar-refractivity contribution in [3.63, 3.8) is 0 Å². The number of aliphatic hydroxyl groups excluding tert-OH is 1. The summed E-state index contributed by atoms with van der Waals surface area (Å²) >= 11 is 0. The van der Waals surface area contributed by atoms with E-state index in [4.69, 9.17) is 9.47 Å². The second-order valence-electron chi connectivity index (χ2n) is 5.96. The maximum Gasteiger partial charge on any atom is 0.169 e. The number of fused-ring (bicyclic) bond motifs is 2. The predicted octanol–water partition coefficient (Wildman–Crippen LogP) is 3.49. The van der Waals surface area contributed by atoms with Crippen LogP contribution in [0.1, 0.15) is 11.7 Å². The molecule has 4 heteroatoms. The van der Waals surface area contributed by atoms with Gasteiger partial charge in [0.05, 0.1) is 20.3 Å². The van der Waals surface area contributed by atoms with Gasteiger partial charge >= 0.3 is 0 Å². The molecule has 1 aliphatic rings. The largest absolute Gasteiger partial charge is 0.493 e. The molecular weight excluding hydrogens is 290 g/mol. The molecule has 4 nitrogen and oxygen atoms in total. The van der Waals surface area contributed by atoms with Gasteiger partial charge in [0.15, 0.2) is 11.5 Å². The third-order valence-electron chi connectivity index (χ3n) is 4.70. The summed E-state index contributed by atoms with van der Waals surface area (Å²) in [7, 11) is 5.29. The summed E-state index contributed by atoms with van der Waals surface area (Å²) in [6, 6.07) is 12.3. The first kappa shape index (κ1) is 14.2. The Kier molecular flexibility index (Phi) is 3.10. The molecule has 0 fully saturated rings. The van der Waals surface area contributed by atoms with E-state index in [1.54, 1.807) is 14.2 Å². The molecule has 1 unspecified atom stereocenters. The summed E-state index contributed by atoms with van der Waals surface area (Å²) in [6.07, 6.45) is -0.545. The molecule has 0 spiro atoms. The minimum absolute atomic E-state index is 0.545. The van der Waals surface area contributed by atoms with Gasteiger partial charge < -0.3 is 19.5 Å². The van der Waals surface area contributed by atoms with Crippen LogP contribution in [0, 0.1) is 0 Å². The molecular formula is C19H19NO3. The van der Waals surface area contributed by atoms with Crippen LogP contribution in [0.3, 0.4) is 0 Å². The molecule has 0 bridgehead atoms. The van der Waals surface area contributed by atoms with Crippen molar-refractivity contribution in [3.05, 3.63) is 42.0 Å². The SMILES string of the molecule is COc1cc2c3c(cc4ccccc4c3c1OC)N(C)CC2O. The molecule has 23 heavy (non-hydrogen) atoms. The maximum atomic E-state index is 10.6. The fourth-order valence-electron chi connectivity index (χ4n) is 3.64. The molecule has 1 aliphatic heterocycles. The van der Waals surface area contributed by atoms with E-state index in [1.165, 1.54) is 0 Å². The van der Waals surface area contributed by atoms with Crippen molar-refractivity contribution >= 4 is 27.2 Å². The summed E-state index contributed by atoms with van der Waals surface area (Å²) in [6.45, 7) is 0.565. The lowest BCUT2D eigenvalue weighted by molar-refractivity contribution is 0.184. The van der Waals surface area contributed by atoms with Crippen molar-refractivity contribution in [2.75, 3.05) is 32.7 Å². The van der Waals surface area contributed by atoms with Gasteiger partial charge in [0.1, 0.15) is 0 Å². The zero-order valence-corrected chi connectivity index (χ0v) is 13.5. The first-order valence-electron chi connectivity index (χ1n) is 7.65. The summed E-state index contributed by atoms with van der Waals surface area (Å²) in [5.74, 6) is 1.37. The zero-order valence-electron chi connectivity index (χ0n) is 13.5. The molecule has 3 aromatic carbocycles. The lowest BCUT2D eigenvalue weighted by atomic mass is 9.90. The Morgan fingerprint density at radius 1 is 1.09 bits per heavy atom. The Hall–Kier alpha value is -2.46. The quantitative estimate of drug-likeness (QED) is 0.736. The topological polar surface area (TPSA) is 41.9 Å². The number of rotatable bonds is 2. The van der Waals surface area contributed by atoms with Gasteiger partial charge in [-0.25, -0.2) is 0 Å². The standard InChI is InChI=1S/C19H19NO3/c1-20-10-15(21)13-9-16(22-2)19(23-3)18-12-7-5-4-6-11(12)8-14(20)17(13)18/h4-9,15,21H,10H2,1-3H3. The maximum absolute atomic E-state index is 10.6. The van der Waals surface area contributed by atoms with E-state index in [0.29, 0.717) is 18.0 Å². The third kappa shape index (κ3) is 1.88. The Bertz CT molecular complexity index is 920. The Morgan fingerprint density at radius 3 is 2.61 bits per heavy atom. The number of ether oxygens (including phenoxy) is 2. The lowest BCUT2D eigenvalue weighted by Crippen LogP contribution is -2.28.